The van der Waals surface area contributed by atoms with Gasteiger partial charge in [-0.25, -0.2) is 0 Å². The molecule has 0 aromatic heterocycles. The van der Waals surface area contributed by atoms with Gasteiger partial charge in [-0.1, -0.05) is 37.1 Å². The molecule has 0 saturated carbocycles. The summed E-state index contributed by atoms with van der Waals surface area (Å²) in [6.07, 6.45) is 5.64. The van der Waals surface area contributed by atoms with Crippen molar-refractivity contribution in [1.29, 1.82) is 0 Å². The van der Waals surface area contributed by atoms with Gasteiger partial charge in [0.2, 0.25) is 5.91 Å². The fraction of sp³-hybridized carbons (Fsp3) is 0.381. The van der Waals surface area contributed by atoms with E-state index >= 15 is 0 Å². The Bertz CT molecular complexity index is 670. The van der Waals surface area contributed by atoms with Crippen LogP contribution in [0.5, 0.6) is 0 Å². The molecule has 2 aromatic carbocycles. The number of rotatable bonds is 4. The molecule has 3 heteroatoms. The van der Waals surface area contributed by atoms with Crippen LogP contribution < -0.4 is 10.2 Å². The average Bonchev–Trinajstić information content (AvgIpc) is 2.87. The summed E-state index contributed by atoms with van der Waals surface area (Å²) in [5, 5.41) is 3.00. The second-order valence-electron chi connectivity index (χ2n) is 6.60. The minimum Gasteiger partial charge on any atom is -0.372 e. The maximum atomic E-state index is 12.2. The van der Waals surface area contributed by atoms with Crippen molar-refractivity contribution in [2.45, 2.75) is 39.0 Å². The number of hydrogen-bond donors (Lipinski definition) is 1. The monoisotopic (exact) mass is 322 g/mol. The van der Waals surface area contributed by atoms with Crippen molar-refractivity contribution in [2.75, 3.05) is 23.3 Å². The molecule has 1 aliphatic heterocycles. The van der Waals surface area contributed by atoms with Gasteiger partial charge in [-0.05, 0) is 55.2 Å². The number of hydrogen-bond acceptors (Lipinski definition) is 2. The van der Waals surface area contributed by atoms with E-state index < -0.39 is 0 Å². The zero-order valence-corrected chi connectivity index (χ0v) is 14.4. The van der Waals surface area contributed by atoms with Crippen molar-refractivity contribution >= 4 is 17.3 Å². The van der Waals surface area contributed by atoms with Crippen molar-refractivity contribution < 1.29 is 4.79 Å². The Balaban J connectivity index is 1.59. The second kappa shape index (κ2) is 8.00. The number of anilines is 2. The molecule has 0 radical (unpaired) electrons. The molecule has 1 heterocycles. The Hall–Kier alpha value is -2.29. The lowest BCUT2D eigenvalue weighted by Gasteiger charge is -2.22. The molecular weight excluding hydrogens is 296 g/mol. The fourth-order valence-electron chi connectivity index (χ4n) is 3.27. The zero-order chi connectivity index (χ0) is 16.8. The van der Waals surface area contributed by atoms with Gasteiger partial charge in [0.25, 0.3) is 0 Å². The summed E-state index contributed by atoms with van der Waals surface area (Å²) in [5.74, 6) is 0.0341. The van der Waals surface area contributed by atoms with Crippen LogP contribution in [-0.2, 0) is 11.2 Å². The van der Waals surface area contributed by atoms with Crippen LogP contribution in [0, 0.1) is 6.92 Å². The third kappa shape index (κ3) is 4.38. The van der Waals surface area contributed by atoms with Crippen LogP contribution in [0.15, 0.2) is 48.5 Å². The van der Waals surface area contributed by atoms with Crippen molar-refractivity contribution in [3.8, 4) is 0 Å². The van der Waals surface area contributed by atoms with E-state index in [-0.39, 0.29) is 5.91 Å². The lowest BCUT2D eigenvalue weighted by molar-refractivity contribution is -0.115. The Morgan fingerprint density at radius 2 is 1.62 bits per heavy atom. The predicted molar refractivity (Wildman–Crippen MR) is 101 cm³/mol. The van der Waals surface area contributed by atoms with Crippen LogP contribution in [0.3, 0.4) is 0 Å². The molecule has 3 rings (SSSR count). The average molecular weight is 322 g/mol. The molecule has 0 bridgehead atoms. The Morgan fingerprint density at radius 1 is 0.958 bits per heavy atom. The van der Waals surface area contributed by atoms with Crippen LogP contribution >= 0.6 is 0 Å². The van der Waals surface area contributed by atoms with Gasteiger partial charge in [0.1, 0.15) is 0 Å². The van der Waals surface area contributed by atoms with E-state index in [1.165, 1.54) is 31.4 Å². The van der Waals surface area contributed by atoms with Gasteiger partial charge in [0, 0.05) is 24.5 Å². The Morgan fingerprint density at radius 3 is 2.29 bits per heavy atom. The minimum atomic E-state index is 0.0341. The largest absolute Gasteiger partial charge is 0.372 e. The Labute approximate surface area is 144 Å². The van der Waals surface area contributed by atoms with E-state index in [0.29, 0.717) is 6.42 Å². The lowest BCUT2D eigenvalue weighted by atomic mass is 10.1. The number of carbonyl (C=O) groups is 1. The van der Waals surface area contributed by atoms with Gasteiger partial charge in [0.05, 0.1) is 6.42 Å². The maximum absolute atomic E-state index is 12.2. The summed E-state index contributed by atoms with van der Waals surface area (Å²) in [7, 11) is 0. The molecule has 0 spiro atoms. The molecule has 1 N–H and O–H groups in total. The van der Waals surface area contributed by atoms with Crippen molar-refractivity contribution in [3.63, 3.8) is 0 Å². The Kier molecular flexibility index (Phi) is 5.52. The molecule has 0 unspecified atom stereocenters. The topological polar surface area (TPSA) is 32.3 Å². The van der Waals surface area contributed by atoms with Crippen LogP contribution in [-0.4, -0.2) is 19.0 Å². The van der Waals surface area contributed by atoms with Gasteiger partial charge >= 0.3 is 0 Å². The highest BCUT2D eigenvalue weighted by atomic mass is 16.1. The summed E-state index contributed by atoms with van der Waals surface area (Å²) >= 11 is 0. The first-order valence-electron chi connectivity index (χ1n) is 8.92. The smallest absolute Gasteiger partial charge is 0.228 e. The third-order valence-electron chi connectivity index (χ3n) is 4.73. The van der Waals surface area contributed by atoms with Gasteiger partial charge in [0.15, 0.2) is 0 Å². The normalized spacial score (nSPS) is 15.0. The summed E-state index contributed by atoms with van der Waals surface area (Å²) in [4.78, 5) is 14.7. The first-order valence-corrected chi connectivity index (χ1v) is 8.92. The number of aryl methyl sites for hydroxylation is 1. The quantitative estimate of drug-likeness (QED) is 0.895. The third-order valence-corrected chi connectivity index (χ3v) is 4.73. The molecule has 3 nitrogen and oxygen atoms in total. The second-order valence-corrected chi connectivity index (χ2v) is 6.60. The molecule has 1 fully saturated rings. The van der Waals surface area contributed by atoms with Gasteiger partial charge in [-0.2, -0.15) is 0 Å². The summed E-state index contributed by atoms with van der Waals surface area (Å²) < 4.78 is 0. The van der Waals surface area contributed by atoms with Crippen LogP contribution in [0.1, 0.15) is 36.8 Å². The summed E-state index contributed by atoms with van der Waals surface area (Å²) in [6, 6.07) is 16.3. The molecule has 24 heavy (non-hydrogen) atoms. The predicted octanol–water partition coefficient (Wildman–Crippen LogP) is 4.56. The molecule has 2 aromatic rings. The number of benzene rings is 2. The SMILES string of the molecule is Cc1ccccc1CC(=O)Nc1ccc(N2CCCCCC2)cc1. The number of carbonyl (C=O) groups excluding carboxylic acids is 1. The standard InChI is InChI=1S/C21H26N2O/c1-17-8-4-5-9-18(17)16-21(24)22-19-10-12-20(13-11-19)23-14-6-2-3-7-15-23/h4-5,8-13H,2-3,6-7,14-16H2,1H3,(H,22,24). The van der Waals surface area contributed by atoms with E-state index in [0.717, 1.165) is 29.9 Å². The van der Waals surface area contributed by atoms with Gasteiger partial charge in [-0.3, -0.25) is 4.79 Å². The maximum Gasteiger partial charge on any atom is 0.228 e. The summed E-state index contributed by atoms with van der Waals surface area (Å²) in [5.41, 5.74) is 4.36. The first kappa shape index (κ1) is 16.6. The van der Waals surface area contributed by atoms with E-state index in [1.54, 1.807) is 0 Å². The number of amides is 1. The van der Waals surface area contributed by atoms with Crippen molar-refractivity contribution in [3.05, 3.63) is 59.7 Å². The van der Waals surface area contributed by atoms with Crippen LogP contribution in [0.4, 0.5) is 11.4 Å². The zero-order valence-electron chi connectivity index (χ0n) is 14.4. The first-order chi connectivity index (χ1) is 11.7. The molecule has 0 atom stereocenters. The lowest BCUT2D eigenvalue weighted by Crippen LogP contribution is -2.23. The van der Waals surface area contributed by atoms with Gasteiger partial charge < -0.3 is 10.2 Å². The van der Waals surface area contributed by atoms with Crippen molar-refractivity contribution in [1.82, 2.24) is 0 Å². The van der Waals surface area contributed by atoms with Crippen molar-refractivity contribution in [2.24, 2.45) is 0 Å². The van der Waals surface area contributed by atoms with E-state index in [1.807, 2.05) is 43.3 Å². The molecule has 1 amide bonds. The fourth-order valence-corrected chi connectivity index (χ4v) is 3.27. The van der Waals surface area contributed by atoms with Gasteiger partial charge in [-0.15, -0.1) is 0 Å². The highest BCUT2D eigenvalue weighted by Crippen LogP contribution is 2.21. The number of nitrogens with zero attached hydrogens (tertiary/aromatic N) is 1. The van der Waals surface area contributed by atoms with Crippen LogP contribution in [0.2, 0.25) is 0 Å². The number of nitrogens with one attached hydrogen (secondary N) is 1. The van der Waals surface area contributed by atoms with Crippen LogP contribution in [0.25, 0.3) is 0 Å². The molecule has 1 aliphatic rings. The molecule has 126 valence electrons. The van der Waals surface area contributed by atoms with E-state index in [9.17, 15) is 4.79 Å². The summed E-state index contributed by atoms with van der Waals surface area (Å²) in [6.45, 7) is 4.32. The van der Waals surface area contributed by atoms with E-state index in [4.69, 9.17) is 0 Å². The molecule has 0 aliphatic carbocycles. The highest BCUT2D eigenvalue weighted by molar-refractivity contribution is 5.92. The molecular formula is C21H26N2O. The highest BCUT2D eigenvalue weighted by Gasteiger charge is 2.10. The minimum absolute atomic E-state index is 0.0341. The van der Waals surface area contributed by atoms with E-state index in [2.05, 4.69) is 22.3 Å². The molecule has 1 saturated heterocycles.